The van der Waals surface area contributed by atoms with Crippen LogP contribution in [0.1, 0.15) is 49.3 Å². The minimum Gasteiger partial charge on any atom is -0.360 e. The number of aryl methyl sites for hydroxylation is 2. The number of hydrogen-bond acceptors (Lipinski definition) is 6. The molecule has 1 aliphatic carbocycles. The molecule has 2 aromatic rings. The van der Waals surface area contributed by atoms with Gasteiger partial charge in [-0.1, -0.05) is 30.8 Å². The Kier molecular flexibility index (Phi) is 5.62. The van der Waals surface area contributed by atoms with Gasteiger partial charge < -0.3 is 9.84 Å². The second-order valence-corrected chi connectivity index (χ2v) is 7.92. The van der Waals surface area contributed by atoms with E-state index in [1.807, 2.05) is 13.0 Å². The van der Waals surface area contributed by atoms with Gasteiger partial charge in [0.2, 0.25) is 5.91 Å². The summed E-state index contributed by atoms with van der Waals surface area (Å²) in [5, 5.41) is 16.4. The second-order valence-electron chi connectivity index (χ2n) is 6.73. The lowest BCUT2D eigenvalue weighted by Crippen LogP contribution is -2.25. The van der Waals surface area contributed by atoms with Crippen LogP contribution in [0.2, 0.25) is 0 Å². The average Bonchev–Trinajstić information content (AvgIpc) is 3.03. The fourth-order valence-corrected chi connectivity index (χ4v) is 4.08. The van der Waals surface area contributed by atoms with Crippen LogP contribution < -0.4 is 5.32 Å². The zero-order valence-corrected chi connectivity index (χ0v) is 16.0. The largest absolute Gasteiger partial charge is 0.360 e. The van der Waals surface area contributed by atoms with E-state index < -0.39 is 0 Å². The molecule has 0 saturated carbocycles. The summed E-state index contributed by atoms with van der Waals surface area (Å²) in [5.41, 5.74) is 2.78. The van der Waals surface area contributed by atoms with Crippen LogP contribution >= 0.6 is 11.8 Å². The number of hydrogen-bond donors (Lipinski definition) is 1. The number of fused-ring (bicyclic) bond motifs is 1. The number of rotatable bonds is 5. The second kappa shape index (κ2) is 7.92. The number of nitriles is 1. The summed E-state index contributed by atoms with van der Waals surface area (Å²) in [7, 11) is 0. The zero-order chi connectivity index (χ0) is 18.7. The van der Waals surface area contributed by atoms with Gasteiger partial charge in [-0.3, -0.25) is 4.79 Å². The van der Waals surface area contributed by atoms with E-state index in [0.717, 1.165) is 25.0 Å². The van der Waals surface area contributed by atoms with E-state index in [1.54, 1.807) is 13.0 Å². The quantitative estimate of drug-likeness (QED) is 0.803. The first-order valence-electron chi connectivity index (χ1n) is 8.83. The SMILES string of the molecule is CC[C@@H](Sc1nc2c(cc1C#N)C[C@H](C)CC2)C(=O)Nc1cc(C)on1. The van der Waals surface area contributed by atoms with Crippen molar-refractivity contribution < 1.29 is 9.32 Å². The molecule has 0 unspecified atom stereocenters. The third-order valence-corrected chi connectivity index (χ3v) is 5.88. The lowest BCUT2D eigenvalue weighted by atomic mass is 9.87. The first kappa shape index (κ1) is 18.5. The molecule has 1 N–H and O–H groups in total. The maximum atomic E-state index is 12.6. The van der Waals surface area contributed by atoms with E-state index in [9.17, 15) is 10.1 Å². The average molecular weight is 370 g/mol. The molecule has 0 saturated heterocycles. The van der Waals surface area contributed by atoms with E-state index in [2.05, 4.69) is 23.5 Å². The van der Waals surface area contributed by atoms with E-state index in [0.29, 0.717) is 34.5 Å². The Hall–Kier alpha value is -2.33. The Balaban J connectivity index is 1.79. The highest BCUT2D eigenvalue weighted by atomic mass is 32.2. The highest BCUT2D eigenvalue weighted by Crippen LogP contribution is 2.32. The van der Waals surface area contributed by atoms with E-state index in [-0.39, 0.29) is 11.2 Å². The topological polar surface area (TPSA) is 91.8 Å². The van der Waals surface area contributed by atoms with Gasteiger partial charge in [0.1, 0.15) is 16.9 Å². The summed E-state index contributed by atoms with van der Waals surface area (Å²) in [4.78, 5) is 17.3. The molecule has 6 nitrogen and oxygen atoms in total. The molecule has 0 radical (unpaired) electrons. The van der Waals surface area contributed by atoms with Crippen molar-refractivity contribution in [1.29, 1.82) is 5.26 Å². The number of nitrogens with one attached hydrogen (secondary N) is 1. The Bertz CT molecular complexity index is 856. The molecule has 0 spiro atoms. The number of amides is 1. The maximum absolute atomic E-state index is 12.6. The van der Waals surface area contributed by atoms with Crippen LogP contribution in [0.15, 0.2) is 21.7 Å². The van der Waals surface area contributed by atoms with Gasteiger partial charge in [0, 0.05) is 11.8 Å². The summed E-state index contributed by atoms with van der Waals surface area (Å²) >= 11 is 1.34. The minimum atomic E-state index is -0.354. The summed E-state index contributed by atoms with van der Waals surface area (Å²) in [6, 6.07) is 5.86. The molecule has 0 fully saturated rings. The van der Waals surface area contributed by atoms with Crippen molar-refractivity contribution in [3.63, 3.8) is 0 Å². The molecular formula is C19H22N4O2S. The van der Waals surface area contributed by atoms with Gasteiger partial charge in [0.15, 0.2) is 5.82 Å². The Labute approximate surface area is 157 Å². The van der Waals surface area contributed by atoms with Crippen molar-refractivity contribution in [2.24, 2.45) is 5.92 Å². The van der Waals surface area contributed by atoms with Crippen LogP contribution in [0, 0.1) is 24.2 Å². The molecule has 0 bridgehead atoms. The molecule has 0 aromatic carbocycles. The van der Waals surface area contributed by atoms with Crippen LogP contribution in [0.4, 0.5) is 5.82 Å². The minimum absolute atomic E-state index is 0.164. The highest BCUT2D eigenvalue weighted by Gasteiger charge is 2.24. The van der Waals surface area contributed by atoms with Crippen molar-refractivity contribution >= 4 is 23.5 Å². The van der Waals surface area contributed by atoms with Crippen LogP contribution in [0.25, 0.3) is 0 Å². The van der Waals surface area contributed by atoms with Gasteiger partial charge in [-0.2, -0.15) is 5.26 Å². The van der Waals surface area contributed by atoms with Crippen molar-refractivity contribution in [1.82, 2.24) is 10.1 Å². The molecule has 2 heterocycles. The zero-order valence-electron chi connectivity index (χ0n) is 15.2. The number of carbonyl (C=O) groups is 1. The smallest absolute Gasteiger partial charge is 0.239 e. The van der Waals surface area contributed by atoms with E-state index in [4.69, 9.17) is 9.51 Å². The van der Waals surface area contributed by atoms with Crippen LogP contribution in [0.5, 0.6) is 0 Å². The first-order valence-corrected chi connectivity index (χ1v) is 9.71. The number of pyridine rings is 1. The fourth-order valence-electron chi connectivity index (χ4n) is 3.09. The van der Waals surface area contributed by atoms with Gasteiger partial charge in [-0.15, -0.1) is 0 Å². The highest BCUT2D eigenvalue weighted by molar-refractivity contribution is 8.00. The lowest BCUT2D eigenvalue weighted by molar-refractivity contribution is -0.115. The van der Waals surface area contributed by atoms with Crippen molar-refractivity contribution in [3.8, 4) is 6.07 Å². The third-order valence-electron chi connectivity index (χ3n) is 4.52. The Morgan fingerprint density at radius 3 is 3.00 bits per heavy atom. The standard InChI is InChI=1S/C19H22N4O2S/c1-4-16(18(24)22-17-8-12(3)25-23-17)26-19-14(10-20)9-13-7-11(2)5-6-15(13)21-19/h8-9,11,16H,4-7H2,1-3H3,(H,22,23,24)/t11-,16-/m1/s1. The summed E-state index contributed by atoms with van der Waals surface area (Å²) < 4.78 is 4.98. The predicted molar refractivity (Wildman–Crippen MR) is 99.9 cm³/mol. The molecule has 2 aromatic heterocycles. The van der Waals surface area contributed by atoms with E-state index in [1.165, 1.54) is 17.3 Å². The molecule has 26 heavy (non-hydrogen) atoms. The molecular weight excluding hydrogens is 348 g/mol. The number of anilines is 1. The molecule has 1 amide bonds. The van der Waals surface area contributed by atoms with Crippen molar-refractivity contribution in [2.45, 2.75) is 56.7 Å². The monoisotopic (exact) mass is 370 g/mol. The van der Waals surface area contributed by atoms with Gasteiger partial charge >= 0.3 is 0 Å². The summed E-state index contributed by atoms with van der Waals surface area (Å²) in [6.07, 6.45) is 3.62. The number of nitrogens with zero attached hydrogens (tertiary/aromatic N) is 3. The molecule has 2 atom stereocenters. The fraction of sp³-hybridized carbons (Fsp3) is 0.474. The Morgan fingerprint density at radius 2 is 2.35 bits per heavy atom. The van der Waals surface area contributed by atoms with E-state index >= 15 is 0 Å². The molecule has 0 aliphatic heterocycles. The molecule has 7 heteroatoms. The normalized spacial score (nSPS) is 17.2. The van der Waals surface area contributed by atoms with Gasteiger partial charge in [0.25, 0.3) is 0 Å². The summed E-state index contributed by atoms with van der Waals surface area (Å²) in [6.45, 7) is 5.93. The predicted octanol–water partition coefficient (Wildman–Crippen LogP) is 3.88. The lowest BCUT2D eigenvalue weighted by Gasteiger charge is -2.22. The third kappa shape index (κ3) is 4.07. The molecule has 1 aliphatic rings. The number of thioether (sulfide) groups is 1. The first-order chi connectivity index (χ1) is 12.5. The van der Waals surface area contributed by atoms with Crippen molar-refractivity contribution in [3.05, 3.63) is 34.7 Å². The van der Waals surface area contributed by atoms with Crippen LogP contribution in [-0.2, 0) is 17.6 Å². The number of carbonyl (C=O) groups excluding carboxylic acids is 1. The van der Waals surface area contributed by atoms with Gasteiger partial charge in [-0.05, 0) is 50.2 Å². The van der Waals surface area contributed by atoms with Crippen LogP contribution in [-0.4, -0.2) is 21.3 Å². The van der Waals surface area contributed by atoms with Gasteiger partial charge in [-0.25, -0.2) is 4.98 Å². The van der Waals surface area contributed by atoms with Crippen molar-refractivity contribution in [2.75, 3.05) is 5.32 Å². The van der Waals surface area contributed by atoms with Crippen LogP contribution in [0.3, 0.4) is 0 Å². The molecule has 136 valence electrons. The number of aromatic nitrogens is 2. The maximum Gasteiger partial charge on any atom is 0.239 e. The summed E-state index contributed by atoms with van der Waals surface area (Å²) in [5.74, 6) is 1.50. The van der Waals surface area contributed by atoms with Gasteiger partial charge in [0.05, 0.1) is 10.8 Å². The molecule has 3 rings (SSSR count). The Morgan fingerprint density at radius 1 is 1.54 bits per heavy atom.